The van der Waals surface area contributed by atoms with Gasteiger partial charge < -0.3 is 15.4 Å². The quantitative estimate of drug-likeness (QED) is 0.806. The molecule has 1 aromatic carbocycles. The third kappa shape index (κ3) is 5.98. The fourth-order valence-corrected chi connectivity index (χ4v) is 1.68. The molecule has 0 saturated heterocycles. The van der Waals surface area contributed by atoms with Crippen LogP contribution in [0.25, 0.3) is 0 Å². The average molecular weight is 282 g/mol. The first-order valence-corrected chi connectivity index (χ1v) is 7.39. The lowest BCUT2D eigenvalue weighted by molar-refractivity contribution is -0.115. The molecule has 106 valence electrons. The summed E-state index contributed by atoms with van der Waals surface area (Å²) >= 11 is 1.78. The Morgan fingerprint density at radius 3 is 2.47 bits per heavy atom. The van der Waals surface area contributed by atoms with E-state index in [1.165, 1.54) is 0 Å². The first-order chi connectivity index (χ1) is 8.96. The molecule has 0 saturated carbocycles. The van der Waals surface area contributed by atoms with Crippen molar-refractivity contribution in [3.05, 3.63) is 24.3 Å². The van der Waals surface area contributed by atoms with Crippen molar-refractivity contribution in [1.29, 1.82) is 0 Å². The molecule has 0 atom stereocenters. The topological polar surface area (TPSA) is 50.4 Å². The maximum absolute atomic E-state index is 11.7. The van der Waals surface area contributed by atoms with Crippen LogP contribution in [-0.4, -0.2) is 37.1 Å². The van der Waals surface area contributed by atoms with Crippen LogP contribution in [0.15, 0.2) is 24.3 Å². The van der Waals surface area contributed by atoms with Crippen LogP contribution in [0.3, 0.4) is 0 Å². The molecule has 0 unspecified atom stereocenters. The normalized spacial score (nSPS) is 11.2. The van der Waals surface area contributed by atoms with Crippen molar-refractivity contribution in [2.24, 2.45) is 0 Å². The first-order valence-electron chi connectivity index (χ1n) is 6.16. The lowest BCUT2D eigenvalue weighted by Gasteiger charge is -2.22. The zero-order valence-electron chi connectivity index (χ0n) is 11.9. The van der Waals surface area contributed by atoms with Crippen LogP contribution in [0.1, 0.15) is 13.8 Å². The number of nitrogens with one attached hydrogen (secondary N) is 2. The van der Waals surface area contributed by atoms with Gasteiger partial charge in [0.25, 0.3) is 0 Å². The van der Waals surface area contributed by atoms with Crippen molar-refractivity contribution in [2.45, 2.75) is 18.6 Å². The van der Waals surface area contributed by atoms with Gasteiger partial charge in [-0.05, 0) is 44.4 Å². The Balaban J connectivity index is 2.34. The van der Waals surface area contributed by atoms with Crippen molar-refractivity contribution in [3.8, 4) is 5.75 Å². The number of carbonyl (C=O) groups is 1. The van der Waals surface area contributed by atoms with Crippen LogP contribution in [0.4, 0.5) is 5.69 Å². The van der Waals surface area contributed by atoms with Gasteiger partial charge in [-0.15, -0.1) is 0 Å². The highest BCUT2D eigenvalue weighted by Crippen LogP contribution is 2.19. The maximum Gasteiger partial charge on any atom is 0.238 e. The van der Waals surface area contributed by atoms with E-state index in [0.29, 0.717) is 6.54 Å². The van der Waals surface area contributed by atoms with Gasteiger partial charge >= 0.3 is 0 Å². The molecule has 5 heteroatoms. The molecule has 0 radical (unpaired) electrons. The zero-order valence-corrected chi connectivity index (χ0v) is 12.8. The second-order valence-electron chi connectivity index (χ2n) is 4.84. The van der Waals surface area contributed by atoms with Gasteiger partial charge in [-0.1, -0.05) is 0 Å². The Bertz CT molecular complexity index is 404. The molecule has 0 aliphatic heterocycles. The molecule has 4 nitrogen and oxygen atoms in total. The molecule has 0 aliphatic carbocycles. The Morgan fingerprint density at radius 2 is 1.95 bits per heavy atom. The maximum atomic E-state index is 11.7. The fourth-order valence-electron chi connectivity index (χ4n) is 1.43. The van der Waals surface area contributed by atoms with Crippen LogP contribution in [0.2, 0.25) is 0 Å². The largest absolute Gasteiger partial charge is 0.497 e. The Kier molecular flexibility index (Phi) is 6.18. The number of benzene rings is 1. The standard InChI is InChI=1S/C14H22N2O2S/c1-14(2,19-4)10-15-9-13(17)16-11-5-7-12(18-3)8-6-11/h5-8,15H,9-10H2,1-4H3,(H,16,17). The number of amides is 1. The van der Waals surface area contributed by atoms with E-state index in [1.807, 2.05) is 24.3 Å². The highest BCUT2D eigenvalue weighted by Gasteiger charge is 2.15. The van der Waals surface area contributed by atoms with E-state index >= 15 is 0 Å². The average Bonchev–Trinajstić information content (AvgIpc) is 2.39. The predicted octanol–water partition coefficient (Wildman–Crippen LogP) is 2.36. The third-order valence-electron chi connectivity index (χ3n) is 2.76. The summed E-state index contributed by atoms with van der Waals surface area (Å²) in [7, 11) is 1.62. The summed E-state index contributed by atoms with van der Waals surface area (Å²) in [5.41, 5.74) is 0.775. The molecule has 2 N–H and O–H groups in total. The summed E-state index contributed by atoms with van der Waals surface area (Å²) < 4.78 is 5.20. The van der Waals surface area contributed by atoms with Crippen LogP contribution in [0.5, 0.6) is 5.75 Å². The highest BCUT2D eigenvalue weighted by molar-refractivity contribution is 7.99. The predicted molar refractivity (Wildman–Crippen MR) is 82.1 cm³/mol. The summed E-state index contributed by atoms with van der Waals surface area (Å²) in [6.07, 6.45) is 2.07. The second kappa shape index (κ2) is 7.40. The van der Waals surface area contributed by atoms with Crippen molar-refractivity contribution in [2.75, 3.05) is 31.8 Å². The number of anilines is 1. The SMILES string of the molecule is COc1ccc(NC(=O)CNCC(C)(C)SC)cc1. The Morgan fingerprint density at radius 1 is 1.32 bits per heavy atom. The highest BCUT2D eigenvalue weighted by atomic mass is 32.2. The third-order valence-corrected chi connectivity index (χ3v) is 4.01. The minimum absolute atomic E-state index is 0.0398. The molecule has 0 fully saturated rings. The molecule has 0 aromatic heterocycles. The Labute approximate surface area is 119 Å². The van der Waals surface area contributed by atoms with Crippen molar-refractivity contribution < 1.29 is 9.53 Å². The number of hydrogen-bond donors (Lipinski definition) is 2. The molecule has 0 bridgehead atoms. The summed E-state index contributed by atoms with van der Waals surface area (Å²) in [5, 5.41) is 6.00. The van der Waals surface area contributed by atoms with Gasteiger partial charge in [-0.2, -0.15) is 11.8 Å². The zero-order chi connectivity index (χ0) is 14.3. The molecule has 1 rings (SSSR count). The lowest BCUT2D eigenvalue weighted by Crippen LogP contribution is -2.37. The molecule has 0 heterocycles. The smallest absolute Gasteiger partial charge is 0.238 e. The minimum atomic E-state index is -0.0398. The van der Waals surface area contributed by atoms with Crippen LogP contribution in [0, 0.1) is 0 Å². The molecule has 19 heavy (non-hydrogen) atoms. The molecule has 0 spiro atoms. The van der Waals surface area contributed by atoms with E-state index in [-0.39, 0.29) is 10.7 Å². The molecule has 1 aromatic rings. The number of hydrogen-bond acceptors (Lipinski definition) is 4. The van der Waals surface area contributed by atoms with Crippen LogP contribution >= 0.6 is 11.8 Å². The van der Waals surface area contributed by atoms with E-state index in [1.54, 1.807) is 18.9 Å². The van der Waals surface area contributed by atoms with Crippen LogP contribution in [-0.2, 0) is 4.79 Å². The Hall–Kier alpha value is -1.20. The number of carbonyl (C=O) groups excluding carboxylic acids is 1. The fraction of sp³-hybridized carbons (Fsp3) is 0.500. The minimum Gasteiger partial charge on any atom is -0.497 e. The van der Waals surface area contributed by atoms with Gasteiger partial charge in [0.05, 0.1) is 13.7 Å². The van der Waals surface area contributed by atoms with Gasteiger partial charge in [0.2, 0.25) is 5.91 Å². The molecular weight excluding hydrogens is 260 g/mol. The van der Waals surface area contributed by atoms with Gasteiger partial charge in [0.1, 0.15) is 5.75 Å². The van der Waals surface area contributed by atoms with Crippen molar-refractivity contribution in [3.63, 3.8) is 0 Å². The monoisotopic (exact) mass is 282 g/mol. The lowest BCUT2D eigenvalue weighted by atomic mass is 10.2. The number of rotatable bonds is 7. The molecular formula is C14H22N2O2S. The van der Waals surface area contributed by atoms with Gasteiger partial charge in [-0.3, -0.25) is 4.79 Å². The van der Waals surface area contributed by atoms with E-state index in [9.17, 15) is 4.79 Å². The number of methoxy groups -OCH3 is 1. The summed E-state index contributed by atoms with van der Waals surface area (Å²) in [4.78, 5) is 11.7. The second-order valence-corrected chi connectivity index (χ2v) is 6.36. The van der Waals surface area contributed by atoms with Crippen molar-refractivity contribution in [1.82, 2.24) is 5.32 Å². The van der Waals surface area contributed by atoms with Gasteiger partial charge in [0, 0.05) is 17.0 Å². The van der Waals surface area contributed by atoms with E-state index in [2.05, 4.69) is 30.7 Å². The van der Waals surface area contributed by atoms with E-state index < -0.39 is 0 Å². The van der Waals surface area contributed by atoms with Gasteiger partial charge in [-0.25, -0.2) is 0 Å². The van der Waals surface area contributed by atoms with E-state index in [0.717, 1.165) is 18.0 Å². The summed E-state index contributed by atoms with van der Waals surface area (Å²) in [6.45, 7) is 5.40. The first kappa shape index (κ1) is 15.9. The van der Waals surface area contributed by atoms with E-state index in [4.69, 9.17) is 4.74 Å². The van der Waals surface area contributed by atoms with Gasteiger partial charge in [0.15, 0.2) is 0 Å². The number of thioether (sulfide) groups is 1. The summed E-state index contributed by atoms with van der Waals surface area (Å²) in [5.74, 6) is 0.736. The van der Waals surface area contributed by atoms with Crippen LogP contribution < -0.4 is 15.4 Å². The molecule has 0 aliphatic rings. The molecule has 1 amide bonds. The summed E-state index contributed by atoms with van der Waals surface area (Å²) in [6, 6.07) is 7.28. The number of ether oxygens (including phenoxy) is 1. The van der Waals surface area contributed by atoms with Crippen molar-refractivity contribution >= 4 is 23.4 Å².